The molecule has 134 valence electrons. The van der Waals surface area contributed by atoms with E-state index >= 15 is 0 Å². The molecule has 0 aliphatic heterocycles. The van der Waals surface area contributed by atoms with Crippen LogP contribution in [0.4, 0.5) is 5.69 Å². The number of anilines is 1. The molecule has 26 heavy (non-hydrogen) atoms. The van der Waals surface area contributed by atoms with Gasteiger partial charge in [0.15, 0.2) is 0 Å². The molecule has 0 saturated heterocycles. The highest BCUT2D eigenvalue weighted by molar-refractivity contribution is 7.09. The lowest BCUT2D eigenvalue weighted by molar-refractivity contribution is 0.102. The van der Waals surface area contributed by atoms with E-state index in [2.05, 4.69) is 17.2 Å². The summed E-state index contributed by atoms with van der Waals surface area (Å²) in [6.07, 6.45) is 0.875. The van der Waals surface area contributed by atoms with Crippen molar-refractivity contribution in [2.24, 2.45) is 0 Å². The van der Waals surface area contributed by atoms with E-state index in [0.717, 1.165) is 39.7 Å². The zero-order chi connectivity index (χ0) is 18.5. The molecule has 3 rings (SSSR count). The first-order valence-corrected chi connectivity index (χ1v) is 9.48. The van der Waals surface area contributed by atoms with E-state index in [4.69, 9.17) is 4.74 Å². The zero-order valence-electron chi connectivity index (χ0n) is 15.2. The molecule has 2 aromatic carbocycles. The molecule has 0 radical (unpaired) electrons. The molecule has 0 bridgehead atoms. The Morgan fingerprint density at radius 2 is 1.92 bits per heavy atom. The van der Waals surface area contributed by atoms with Crippen LogP contribution >= 0.6 is 11.3 Å². The van der Waals surface area contributed by atoms with Crippen molar-refractivity contribution >= 4 is 22.9 Å². The van der Waals surface area contributed by atoms with Crippen LogP contribution in [0.2, 0.25) is 0 Å². The number of nitrogens with zero attached hydrogens (tertiary/aromatic N) is 1. The molecule has 5 heteroatoms. The lowest BCUT2D eigenvalue weighted by Crippen LogP contribution is -2.14. The standard InChI is InChI=1S/C21H22N2O2S/c1-4-16-7-5-6-14(2)20(16)23-21(24)17-8-10-19(11-9-17)25-12-18-13-26-15(3)22-18/h5-11,13H,4,12H2,1-3H3,(H,23,24). The quantitative estimate of drug-likeness (QED) is 0.656. The van der Waals surface area contributed by atoms with Gasteiger partial charge in [-0.15, -0.1) is 11.3 Å². The fourth-order valence-corrected chi connectivity index (χ4v) is 3.32. The van der Waals surface area contributed by atoms with Crippen LogP contribution in [-0.2, 0) is 13.0 Å². The summed E-state index contributed by atoms with van der Waals surface area (Å²) in [5.41, 5.74) is 4.63. The van der Waals surface area contributed by atoms with Crippen molar-refractivity contribution in [3.63, 3.8) is 0 Å². The van der Waals surface area contributed by atoms with Crippen molar-refractivity contribution in [2.45, 2.75) is 33.8 Å². The van der Waals surface area contributed by atoms with Gasteiger partial charge in [-0.25, -0.2) is 4.98 Å². The molecule has 3 aromatic rings. The van der Waals surface area contributed by atoms with Gasteiger partial charge in [-0.1, -0.05) is 25.1 Å². The largest absolute Gasteiger partial charge is 0.487 e. The van der Waals surface area contributed by atoms with Gasteiger partial charge >= 0.3 is 0 Å². The Morgan fingerprint density at radius 3 is 2.58 bits per heavy atom. The number of amides is 1. The lowest BCUT2D eigenvalue weighted by atomic mass is 10.1. The summed E-state index contributed by atoms with van der Waals surface area (Å²) >= 11 is 1.61. The van der Waals surface area contributed by atoms with Gasteiger partial charge in [0.2, 0.25) is 0 Å². The van der Waals surface area contributed by atoms with Crippen molar-refractivity contribution in [3.05, 3.63) is 75.2 Å². The van der Waals surface area contributed by atoms with Gasteiger partial charge < -0.3 is 10.1 Å². The minimum atomic E-state index is -0.115. The summed E-state index contributed by atoms with van der Waals surface area (Å²) in [5.74, 6) is 0.605. The number of aryl methyl sites for hydroxylation is 3. The molecule has 0 fully saturated rings. The second kappa shape index (κ2) is 8.15. The number of aromatic nitrogens is 1. The van der Waals surface area contributed by atoms with Gasteiger partial charge in [-0.3, -0.25) is 4.79 Å². The van der Waals surface area contributed by atoms with Gasteiger partial charge in [0.1, 0.15) is 12.4 Å². The maximum absolute atomic E-state index is 12.6. The molecule has 0 spiro atoms. The molecule has 1 heterocycles. The SMILES string of the molecule is CCc1cccc(C)c1NC(=O)c1ccc(OCc2csc(C)n2)cc1. The number of ether oxygens (including phenoxy) is 1. The summed E-state index contributed by atoms with van der Waals surface area (Å²) in [7, 11) is 0. The second-order valence-corrected chi connectivity index (χ2v) is 7.15. The van der Waals surface area contributed by atoms with Gasteiger partial charge in [0.25, 0.3) is 5.91 Å². The summed E-state index contributed by atoms with van der Waals surface area (Å²) in [5, 5.41) is 6.05. The van der Waals surface area contributed by atoms with E-state index in [1.165, 1.54) is 0 Å². The number of hydrogen-bond donors (Lipinski definition) is 1. The number of rotatable bonds is 6. The third kappa shape index (κ3) is 4.29. The summed E-state index contributed by atoms with van der Waals surface area (Å²) in [4.78, 5) is 16.9. The second-order valence-electron chi connectivity index (χ2n) is 6.09. The van der Waals surface area contributed by atoms with Crippen molar-refractivity contribution in [2.75, 3.05) is 5.32 Å². The van der Waals surface area contributed by atoms with Crippen LogP contribution in [0.1, 0.15) is 39.1 Å². The van der Waals surface area contributed by atoms with Crippen molar-refractivity contribution in [1.29, 1.82) is 0 Å². The number of nitrogens with one attached hydrogen (secondary N) is 1. The maximum Gasteiger partial charge on any atom is 0.255 e. The molecular weight excluding hydrogens is 344 g/mol. The average molecular weight is 366 g/mol. The average Bonchev–Trinajstić information content (AvgIpc) is 3.07. The van der Waals surface area contributed by atoms with Crippen LogP contribution in [0.15, 0.2) is 47.8 Å². The highest BCUT2D eigenvalue weighted by Gasteiger charge is 2.11. The zero-order valence-corrected chi connectivity index (χ0v) is 16.0. The summed E-state index contributed by atoms with van der Waals surface area (Å²) in [6, 6.07) is 13.2. The molecule has 0 aliphatic carbocycles. The van der Waals surface area contributed by atoms with Crippen LogP contribution in [0.5, 0.6) is 5.75 Å². The number of para-hydroxylation sites is 1. The number of benzene rings is 2. The topological polar surface area (TPSA) is 51.2 Å². The molecule has 1 N–H and O–H groups in total. The summed E-state index contributed by atoms with van der Waals surface area (Å²) < 4.78 is 5.73. The van der Waals surface area contributed by atoms with Crippen LogP contribution in [-0.4, -0.2) is 10.9 Å². The molecule has 1 aromatic heterocycles. The highest BCUT2D eigenvalue weighted by atomic mass is 32.1. The Labute approximate surface area is 157 Å². The van der Waals surface area contributed by atoms with Crippen LogP contribution in [0.25, 0.3) is 0 Å². The number of carbonyl (C=O) groups excluding carboxylic acids is 1. The monoisotopic (exact) mass is 366 g/mol. The third-order valence-electron chi connectivity index (χ3n) is 4.15. The van der Waals surface area contributed by atoms with E-state index in [1.54, 1.807) is 23.5 Å². The van der Waals surface area contributed by atoms with E-state index in [1.807, 2.05) is 49.6 Å². The Bertz CT molecular complexity index is 901. The highest BCUT2D eigenvalue weighted by Crippen LogP contribution is 2.22. The van der Waals surface area contributed by atoms with Gasteiger partial charge in [0.05, 0.1) is 10.7 Å². The first-order chi connectivity index (χ1) is 12.6. The van der Waals surface area contributed by atoms with Crippen molar-refractivity contribution in [1.82, 2.24) is 4.98 Å². The first kappa shape index (κ1) is 18.1. The predicted molar refractivity (Wildman–Crippen MR) is 106 cm³/mol. The Hall–Kier alpha value is -2.66. The van der Waals surface area contributed by atoms with Gasteiger partial charge in [0, 0.05) is 16.6 Å². The molecular formula is C21H22N2O2S. The third-order valence-corrected chi connectivity index (χ3v) is 4.97. The van der Waals surface area contributed by atoms with Crippen molar-refractivity contribution in [3.8, 4) is 5.75 Å². The van der Waals surface area contributed by atoms with Crippen LogP contribution in [0, 0.1) is 13.8 Å². The maximum atomic E-state index is 12.6. The lowest BCUT2D eigenvalue weighted by Gasteiger charge is -2.13. The van der Waals surface area contributed by atoms with Gasteiger partial charge in [-0.2, -0.15) is 0 Å². The van der Waals surface area contributed by atoms with E-state index in [0.29, 0.717) is 12.2 Å². The number of carbonyl (C=O) groups is 1. The Balaban J connectivity index is 1.65. The number of thiazole rings is 1. The fraction of sp³-hybridized carbons (Fsp3) is 0.238. The summed E-state index contributed by atoms with van der Waals surface area (Å²) in [6.45, 7) is 6.49. The predicted octanol–water partition coefficient (Wildman–Crippen LogP) is 5.15. The minimum Gasteiger partial charge on any atom is -0.487 e. The van der Waals surface area contributed by atoms with Gasteiger partial charge in [-0.05, 0) is 55.7 Å². The number of hydrogen-bond acceptors (Lipinski definition) is 4. The Morgan fingerprint density at radius 1 is 1.15 bits per heavy atom. The normalized spacial score (nSPS) is 10.6. The molecule has 1 amide bonds. The minimum absolute atomic E-state index is 0.115. The molecule has 0 atom stereocenters. The van der Waals surface area contributed by atoms with Crippen molar-refractivity contribution < 1.29 is 9.53 Å². The fourth-order valence-electron chi connectivity index (χ4n) is 2.72. The van der Waals surface area contributed by atoms with Crippen LogP contribution in [0.3, 0.4) is 0 Å². The molecule has 0 unspecified atom stereocenters. The molecule has 0 saturated carbocycles. The van der Waals surface area contributed by atoms with Crippen LogP contribution < -0.4 is 10.1 Å². The van der Waals surface area contributed by atoms with E-state index in [-0.39, 0.29) is 5.91 Å². The Kier molecular flexibility index (Phi) is 5.68. The van der Waals surface area contributed by atoms with E-state index < -0.39 is 0 Å². The molecule has 4 nitrogen and oxygen atoms in total. The van der Waals surface area contributed by atoms with E-state index in [9.17, 15) is 4.79 Å². The first-order valence-electron chi connectivity index (χ1n) is 8.60. The smallest absolute Gasteiger partial charge is 0.255 e. The molecule has 0 aliphatic rings.